The zero-order chi connectivity index (χ0) is 19.8. The molecule has 0 radical (unpaired) electrons. The molecule has 1 aromatic carbocycles. The highest BCUT2D eigenvalue weighted by molar-refractivity contribution is 7.91. The lowest BCUT2D eigenvalue weighted by atomic mass is 10.1. The van der Waals surface area contributed by atoms with Crippen molar-refractivity contribution in [2.45, 2.75) is 53.1 Å². The molecule has 148 valence electrons. The summed E-state index contributed by atoms with van der Waals surface area (Å²) in [5, 5.41) is 4.77. The summed E-state index contributed by atoms with van der Waals surface area (Å²) in [5.74, 6) is 2.70. The van der Waals surface area contributed by atoms with E-state index in [9.17, 15) is 8.42 Å². The van der Waals surface area contributed by atoms with E-state index >= 15 is 0 Å². The van der Waals surface area contributed by atoms with Crippen molar-refractivity contribution in [1.82, 2.24) is 19.7 Å². The molecule has 0 bridgehead atoms. The molecule has 1 aromatic heterocycles. The van der Waals surface area contributed by atoms with E-state index in [2.05, 4.69) is 50.8 Å². The zero-order valence-electron chi connectivity index (χ0n) is 16.9. The van der Waals surface area contributed by atoms with Crippen LogP contribution in [0.5, 0.6) is 0 Å². The second kappa shape index (κ2) is 7.72. The highest BCUT2D eigenvalue weighted by Gasteiger charge is 2.31. The molecule has 1 aliphatic rings. The van der Waals surface area contributed by atoms with E-state index in [0.717, 1.165) is 23.8 Å². The predicted octanol–water partition coefficient (Wildman–Crippen LogP) is 2.70. The molecule has 0 spiro atoms. The molecule has 0 aliphatic carbocycles. The van der Waals surface area contributed by atoms with Crippen molar-refractivity contribution in [2.75, 3.05) is 18.6 Å². The summed E-state index contributed by atoms with van der Waals surface area (Å²) in [6, 6.07) is 6.42. The van der Waals surface area contributed by atoms with E-state index in [1.165, 1.54) is 11.1 Å². The van der Waals surface area contributed by atoms with Gasteiger partial charge in [0.05, 0.1) is 23.7 Å². The first-order chi connectivity index (χ1) is 12.6. The van der Waals surface area contributed by atoms with Crippen molar-refractivity contribution in [2.24, 2.45) is 5.92 Å². The van der Waals surface area contributed by atoms with Gasteiger partial charge in [0.15, 0.2) is 15.7 Å². The van der Waals surface area contributed by atoms with Gasteiger partial charge in [0, 0.05) is 12.5 Å². The van der Waals surface area contributed by atoms with E-state index in [1.807, 2.05) is 11.7 Å². The van der Waals surface area contributed by atoms with Crippen LogP contribution in [0.3, 0.4) is 0 Å². The minimum absolute atomic E-state index is 0.0490. The minimum atomic E-state index is -2.90. The first-order valence-electron chi connectivity index (χ1n) is 9.57. The average Bonchev–Trinajstić information content (AvgIpc) is 3.08. The Kier molecular flexibility index (Phi) is 5.72. The molecule has 27 heavy (non-hydrogen) atoms. The molecule has 1 aliphatic heterocycles. The molecule has 3 rings (SSSR count). The number of aryl methyl sites for hydroxylation is 2. The lowest BCUT2D eigenvalue weighted by Gasteiger charge is -2.22. The summed E-state index contributed by atoms with van der Waals surface area (Å²) in [5.41, 5.74) is 3.39. The Morgan fingerprint density at radius 3 is 2.44 bits per heavy atom. The molecular weight excluding hydrogens is 360 g/mol. The van der Waals surface area contributed by atoms with Crippen LogP contribution in [0.1, 0.15) is 43.0 Å². The highest BCUT2D eigenvalue weighted by atomic mass is 32.2. The summed E-state index contributed by atoms with van der Waals surface area (Å²) >= 11 is 0. The topological polar surface area (TPSA) is 68.1 Å². The molecule has 0 unspecified atom stereocenters. The summed E-state index contributed by atoms with van der Waals surface area (Å²) < 4.78 is 25.6. The number of nitrogens with zero attached hydrogens (tertiary/aromatic N) is 4. The molecule has 6 nitrogen and oxygen atoms in total. The fourth-order valence-corrected chi connectivity index (χ4v) is 5.51. The van der Waals surface area contributed by atoms with Crippen molar-refractivity contribution in [3.63, 3.8) is 0 Å². The number of aromatic nitrogens is 3. The van der Waals surface area contributed by atoms with Gasteiger partial charge in [-0.3, -0.25) is 4.90 Å². The largest absolute Gasteiger partial charge is 0.295 e. The second-order valence-electron chi connectivity index (χ2n) is 8.27. The Balaban J connectivity index is 1.91. The van der Waals surface area contributed by atoms with Crippen LogP contribution in [0.25, 0.3) is 5.69 Å². The highest BCUT2D eigenvalue weighted by Crippen LogP contribution is 2.21. The van der Waals surface area contributed by atoms with Gasteiger partial charge in [-0.2, -0.15) is 5.10 Å². The minimum Gasteiger partial charge on any atom is -0.295 e. The van der Waals surface area contributed by atoms with E-state index in [0.29, 0.717) is 18.9 Å². The van der Waals surface area contributed by atoms with Crippen LogP contribution in [0.4, 0.5) is 0 Å². The van der Waals surface area contributed by atoms with Crippen LogP contribution >= 0.6 is 0 Å². The molecule has 1 atom stereocenters. The Labute approximate surface area is 162 Å². The van der Waals surface area contributed by atoms with Crippen LogP contribution < -0.4 is 0 Å². The standard InChI is InChI=1S/C20H30N4O2S/c1-14(2)8-19-21-20(12-23(5)17-6-7-27(25,26)13-17)24(22-19)18-10-15(3)9-16(4)11-18/h9-11,14,17H,6-8,12-13H2,1-5H3/t17-/m0/s1. The molecule has 2 heterocycles. The molecule has 7 heteroatoms. The first kappa shape index (κ1) is 20.0. The Bertz CT molecular complexity index is 898. The van der Waals surface area contributed by atoms with Crippen LogP contribution in [-0.2, 0) is 22.8 Å². The van der Waals surface area contributed by atoms with Crippen LogP contribution in [-0.4, -0.2) is 52.7 Å². The van der Waals surface area contributed by atoms with Gasteiger partial charge >= 0.3 is 0 Å². The molecule has 2 aromatic rings. The summed E-state index contributed by atoms with van der Waals surface area (Å²) in [7, 11) is -0.921. The maximum atomic E-state index is 11.8. The maximum Gasteiger partial charge on any atom is 0.151 e. The van der Waals surface area contributed by atoms with Crippen molar-refractivity contribution in [3.05, 3.63) is 41.0 Å². The van der Waals surface area contributed by atoms with Crippen LogP contribution in [0.2, 0.25) is 0 Å². The molecular formula is C20H30N4O2S. The monoisotopic (exact) mass is 390 g/mol. The van der Waals surface area contributed by atoms with Gasteiger partial charge in [-0.1, -0.05) is 19.9 Å². The molecule has 1 saturated heterocycles. The molecule has 0 amide bonds. The predicted molar refractivity (Wildman–Crippen MR) is 108 cm³/mol. The van der Waals surface area contributed by atoms with Crippen molar-refractivity contribution < 1.29 is 8.42 Å². The van der Waals surface area contributed by atoms with Gasteiger partial charge in [0.2, 0.25) is 0 Å². The number of sulfone groups is 1. The van der Waals surface area contributed by atoms with Gasteiger partial charge < -0.3 is 0 Å². The Morgan fingerprint density at radius 1 is 1.22 bits per heavy atom. The first-order valence-corrected chi connectivity index (χ1v) is 11.4. The lowest BCUT2D eigenvalue weighted by molar-refractivity contribution is 0.246. The van der Waals surface area contributed by atoms with E-state index in [4.69, 9.17) is 10.1 Å². The van der Waals surface area contributed by atoms with Gasteiger partial charge in [-0.15, -0.1) is 0 Å². The second-order valence-corrected chi connectivity index (χ2v) is 10.5. The fourth-order valence-electron chi connectivity index (χ4n) is 3.70. The molecule has 1 fully saturated rings. The van der Waals surface area contributed by atoms with Crippen molar-refractivity contribution in [1.29, 1.82) is 0 Å². The van der Waals surface area contributed by atoms with Gasteiger partial charge in [-0.05, 0) is 56.5 Å². The zero-order valence-corrected chi connectivity index (χ0v) is 17.8. The lowest BCUT2D eigenvalue weighted by Crippen LogP contribution is -2.33. The normalized spacial score (nSPS) is 19.3. The molecule has 0 saturated carbocycles. The molecule has 0 N–H and O–H groups in total. The van der Waals surface area contributed by atoms with Crippen molar-refractivity contribution >= 4 is 9.84 Å². The van der Waals surface area contributed by atoms with E-state index in [1.54, 1.807) is 0 Å². The Hall–Kier alpha value is -1.73. The van der Waals surface area contributed by atoms with Gasteiger partial charge in [0.25, 0.3) is 0 Å². The van der Waals surface area contributed by atoms with Gasteiger partial charge in [-0.25, -0.2) is 18.1 Å². The van der Waals surface area contributed by atoms with E-state index < -0.39 is 9.84 Å². The quantitative estimate of drug-likeness (QED) is 0.759. The number of hydrogen-bond donors (Lipinski definition) is 0. The Morgan fingerprint density at radius 2 is 1.89 bits per heavy atom. The average molecular weight is 391 g/mol. The maximum absolute atomic E-state index is 11.8. The number of hydrogen-bond acceptors (Lipinski definition) is 5. The third-order valence-corrected chi connectivity index (χ3v) is 6.73. The van der Waals surface area contributed by atoms with E-state index in [-0.39, 0.29) is 17.5 Å². The number of benzene rings is 1. The van der Waals surface area contributed by atoms with Crippen LogP contribution in [0.15, 0.2) is 18.2 Å². The summed E-state index contributed by atoms with van der Waals surface area (Å²) in [4.78, 5) is 6.90. The summed E-state index contributed by atoms with van der Waals surface area (Å²) in [6.45, 7) is 9.06. The van der Waals surface area contributed by atoms with Gasteiger partial charge in [0.1, 0.15) is 5.82 Å². The number of rotatable bonds is 6. The van der Waals surface area contributed by atoms with Crippen molar-refractivity contribution in [3.8, 4) is 5.69 Å². The van der Waals surface area contributed by atoms with Crippen LogP contribution in [0, 0.1) is 19.8 Å². The summed E-state index contributed by atoms with van der Waals surface area (Å²) in [6.07, 6.45) is 1.52. The smallest absolute Gasteiger partial charge is 0.151 e. The third-order valence-electron chi connectivity index (χ3n) is 4.98. The SMILES string of the molecule is Cc1cc(C)cc(-n2nc(CC(C)C)nc2CN(C)[C@H]2CCS(=O)(=O)C2)c1. The third kappa shape index (κ3) is 4.96. The fraction of sp³-hybridized carbons (Fsp3) is 0.600.